The molecule has 0 aromatic heterocycles. The first-order valence-corrected chi connectivity index (χ1v) is 9.35. The zero-order valence-electron chi connectivity index (χ0n) is 17.1. The molecule has 0 heterocycles. The van der Waals surface area contributed by atoms with E-state index in [0.29, 0.717) is 11.3 Å². The van der Waals surface area contributed by atoms with Crippen LogP contribution in [-0.4, -0.2) is 30.0 Å². The Kier molecular flexibility index (Phi) is 7.04. The molecule has 28 heavy (non-hydrogen) atoms. The van der Waals surface area contributed by atoms with E-state index in [1.54, 1.807) is 36.4 Å². The summed E-state index contributed by atoms with van der Waals surface area (Å²) < 4.78 is 5.58. The predicted molar refractivity (Wildman–Crippen MR) is 113 cm³/mol. The van der Waals surface area contributed by atoms with Crippen LogP contribution in [0.5, 0.6) is 5.75 Å². The van der Waals surface area contributed by atoms with Gasteiger partial charge in [0.05, 0.1) is 12.6 Å². The molecule has 2 rings (SSSR count). The summed E-state index contributed by atoms with van der Waals surface area (Å²) in [5, 5.41) is 8.79. The number of hydrogen-bond acceptors (Lipinski definition) is 4. The maximum Gasteiger partial charge on any atom is 0.251 e. The molecule has 0 aliphatic carbocycles. The van der Waals surface area contributed by atoms with Gasteiger partial charge in [-0.05, 0) is 83.1 Å². The van der Waals surface area contributed by atoms with Crippen molar-refractivity contribution in [3.05, 3.63) is 54.1 Å². The van der Waals surface area contributed by atoms with E-state index in [2.05, 4.69) is 16.0 Å². The molecule has 6 heteroatoms. The van der Waals surface area contributed by atoms with Crippen molar-refractivity contribution >= 4 is 23.2 Å². The molecule has 6 nitrogen and oxygen atoms in total. The minimum atomic E-state index is -0.286. The van der Waals surface area contributed by atoms with Crippen LogP contribution in [0.15, 0.2) is 48.5 Å². The van der Waals surface area contributed by atoms with Crippen molar-refractivity contribution in [3.8, 4) is 5.75 Å². The molecule has 0 saturated carbocycles. The number of ether oxygens (including phenoxy) is 1. The summed E-state index contributed by atoms with van der Waals surface area (Å²) in [7, 11) is 0. The van der Waals surface area contributed by atoms with Crippen molar-refractivity contribution in [2.45, 2.75) is 46.3 Å². The topological polar surface area (TPSA) is 79.5 Å². The SMILES string of the molecule is CC(C)Oc1ccc(NC(=O)CNc2ccc(C(=O)NC(C)(C)C)cc2)cc1. The lowest BCUT2D eigenvalue weighted by Gasteiger charge is -2.20. The highest BCUT2D eigenvalue weighted by atomic mass is 16.5. The average Bonchev–Trinajstić information content (AvgIpc) is 2.60. The minimum Gasteiger partial charge on any atom is -0.491 e. The fourth-order valence-electron chi connectivity index (χ4n) is 2.43. The summed E-state index contributed by atoms with van der Waals surface area (Å²) in [6.07, 6.45) is 0.107. The number of hydrogen-bond donors (Lipinski definition) is 3. The van der Waals surface area contributed by atoms with E-state index < -0.39 is 0 Å². The van der Waals surface area contributed by atoms with E-state index in [-0.39, 0.29) is 30.0 Å². The van der Waals surface area contributed by atoms with Crippen LogP contribution >= 0.6 is 0 Å². The number of carbonyl (C=O) groups excluding carboxylic acids is 2. The Morgan fingerprint density at radius 3 is 2.04 bits per heavy atom. The first-order valence-electron chi connectivity index (χ1n) is 9.35. The molecule has 0 saturated heterocycles. The molecule has 0 radical (unpaired) electrons. The van der Waals surface area contributed by atoms with Crippen molar-refractivity contribution < 1.29 is 14.3 Å². The van der Waals surface area contributed by atoms with E-state index >= 15 is 0 Å². The summed E-state index contributed by atoms with van der Waals surface area (Å²) in [6, 6.07) is 14.3. The van der Waals surface area contributed by atoms with E-state index in [1.165, 1.54) is 0 Å². The molecule has 0 fully saturated rings. The smallest absolute Gasteiger partial charge is 0.251 e. The number of carbonyl (C=O) groups is 2. The Bertz CT molecular complexity index is 791. The van der Waals surface area contributed by atoms with Gasteiger partial charge in [-0.1, -0.05) is 0 Å². The van der Waals surface area contributed by atoms with Gasteiger partial charge < -0.3 is 20.7 Å². The lowest BCUT2D eigenvalue weighted by Crippen LogP contribution is -2.40. The zero-order chi connectivity index (χ0) is 20.7. The molecule has 0 aliphatic rings. The van der Waals surface area contributed by atoms with Crippen LogP contribution in [0.25, 0.3) is 0 Å². The van der Waals surface area contributed by atoms with Crippen molar-refractivity contribution in [3.63, 3.8) is 0 Å². The lowest BCUT2D eigenvalue weighted by molar-refractivity contribution is -0.114. The van der Waals surface area contributed by atoms with Crippen molar-refractivity contribution in [1.29, 1.82) is 0 Å². The van der Waals surface area contributed by atoms with Crippen LogP contribution in [0.3, 0.4) is 0 Å². The van der Waals surface area contributed by atoms with Gasteiger partial charge in [0.25, 0.3) is 5.91 Å². The van der Waals surface area contributed by atoms with Gasteiger partial charge in [-0.3, -0.25) is 9.59 Å². The van der Waals surface area contributed by atoms with Gasteiger partial charge in [-0.2, -0.15) is 0 Å². The average molecular weight is 383 g/mol. The number of rotatable bonds is 7. The molecular formula is C22H29N3O3. The highest BCUT2D eigenvalue weighted by molar-refractivity contribution is 5.95. The Morgan fingerprint density at radius 1 is 0.929 bits per heavy atom. The third-order valence-electron chi connectivity index (χ3n) is 3.60. The Labute approximate surface area is 166 Å². The second kappa shape index (κ2) is 9.26. The number of amides is 2. The normalized spacial score (nSPS) is 11.1. The summed E-state index contributed by atoms with van der Waals surface area (Å²) in [5.74, 6) is 0.482. The maximum atomic E-state index is 12.1. The molecule has 2 aromatic rings. The second-order valence-electron chi connectivity index (χ2n) is 7.87. The highest BCUT2D eigenvalue weighted by Gasteiger charge is 2.15. The van der Waals surface area contributed by atoms with E-state index in [1.807, 2.05) is 46.8 Å². The summed E-state index contributed by atoms with van der Waals surface area (Å²) in [6.45, 7) is 9.85. The third-order valence-corrected chi connectivity index (χ3v) is 3.60. The largest absolute Gasteiger partial charge is 0.491 e. The van der Waals surface area contributed by atoms with E-state index in [4.69, 9.17) is 4.74 Å². The highest BCUT2D eigenvalue weighted by Crippen LogP contribution is 2.17. The molecular weight excluding hydrogens is 354 g/mol. The predicted octanol–water partition coefficient (Wildman–Crippen LogP) is 4.05. The maximum absolute atomic E-state index is 12.1. The van der Waals surface area contributed by atoms with Crippen LogP contribution in [0, 0.1) is 0 Å². The molecule has 3 N–H and O–H groups in total. The van der Waals surface area contributed by atoms with Crippen LogP contribution in [0.1, 0.15) is 45.0 Å². The minimum absolute atomic E-state index is 0.107. The van der Waals surface area contributed by atoms with Crippen LogP contribution in [-0.2, 0) is 4.79 Å². The molecule has 0 atom stereocenters. The molecule has 0 bridgehead atoms. The number of nitrogens with one attached hydrogen (secondary N) is 3. The molecule has 2 amide bonds. The molecule has 0 aliphatic heterocycles. The van der Waals surface area contributed by atoms with Gasteiger partial charge in [-0.25, -0.2) is 0 Å². The molecule has 150 valence electrons. The zero-order valence-corrected chi connectivity index (χ0v) is 17.1. The van der Waals surface area contributed by atoms with Gasteiger partial charge in [0, 0.05) is 22.5 Å². The number of anilines is 2. The van der Waals surface area contributed by atoms with Crippen molar-refractivity contribution in [2.75, 3.05) is 17.2 Å². The van der Waals surface area contributed by atoms with Crippen molar-refractivity contribution in [1.82, 2.24) is 5.32 Å². The van der Waals surface area contributed by atoms with Gasteiger partial charge in [0.2, 0.25) is 5.91 Å². The quantitative estimate of drug-likeness (QED) is 0.674. The molecule has 0 unspecified atom stereocenters. The monoisotopic (exact) mass is 383 g/mol. The van der Waals surface area contributed by atoms with Crippen molar-refractivity contribution in [2.24, 2.45) is 0 Å². The summed E-state index contributed by atoms with van der Waals surface area (Å²) in [5.41, 5.74) is 1.76. The standard InChI is InChI=1S/C22H29N3O3/c1-15(2)28-19-12-10-18(11-13-19)24-20(26)14-23-17-8-6-16(7-9-17)21(27)25-22(3,4)5/h6-13,15,23H,14H2,1-5H3,(H,24,26)(H,25,27). The second-order valence-corrected chi connectivity index (χ2v) is 7.87. The first kappa shape index (κ1) is 21.3. The van der Waals surface area contributed by atoms with E-state index in [0.717, 1.165) is 11.4 Å². The van der Waals surface area contributed by atoms with Crippen LogP contribution < -0.4 is 20.7 Å². The van der Waals surface area contributed by atoms with Crippen LogP contribution in [0.4, 0.5) is 11.4 Å². The summed E-state index contributed by atoms with van der Waals surface area (Å²) in [4.78, 5) is 24.2. The summed E-state index contributed by atoms with van der Waals surface area (Å²) >= 11 is 0. The van der Waals surface area contributed by atoms with Gasteiger partial charge in [-0.15, -0.1) is 0 Å². The molecule has 2 aromatic carbocycles. The van der Waals surface area contributed by atoms with Gasteiger partial charge in [0.15, 0.2) is 0 Å². The fraction of sp³-hybridized carbons (Fsp3) is 0.364. The number of benzene rings is 2. The first-order chi connectivity index (χ1) is 13.1. The lowest BCUT2D eigenvalue weighted by atomic mass is 10.1. The fourth-order valence-corrected chi connectivity index (χ4v) is 2.43. The van der Waals surface area contributed by atoms with E-state index in [9.17, 15) is 9.59 Å². The Hall–Kier alpha value is -3.02. The van der Waals surface area contributed by atoms with Crippen LogP contribution in [0.2, 0.25) is 0 Å². The third kappa shape index (κ3) is 7.31. The Balaban J connectivity index is 1.83. The Morgan fingerprint density at radius 2 is 1.50 bits per heavy atom. The van der Waals surface area contributed by atoms with Gasteiger partial charge in [0.1, 0.15) is 5.75 Å². The van der Waals surface area contributed by atoms with Gasteiger partial charge >= 0.3 is 0 Å². The molecule has 0 spiro atoms.